The molecule has 0 aliphatic heterocycles. The first-order chi connectivity index (χ1) is 33.2. The van der Waals surface area contributed by atoms with Crippen LogP contribution in [-0.2, 0) is 25.0 Å². The summed E-state index contributed by atoms with van der Waals surface area (Å²) >= 11 is 1.84. The van der Waals surface area contributed by atoms with Crippen molar-refractivity contribution in [3.05, 3.63) is 225 Å². The zero-order chi connectivity index (χ0) is 45.5. The molecule has 0 fully saturated rings. The van der Waals surface area contributed by atoms with Gasteiger partial charge in [-0.25, -0.2) is 0 Å². The molecule has 68 heavy (non-hydrogen) atoms. The van der Waals surface area contributed by atoms with E-state index in [0.717, 1.165) is 73.5 Å². The van der Waals surface area contributed by atoms with Crippen LogP contribution < -0.4 is 0 Å². The minimum absolute atomic E-state index is 0. The van der Waals surface area contributed by atoms with Gasteiger partial charge in [0.05, 0.1) is 22.4 Å². The first kappa shape index (κ1) is 45.7. The second-order valence-electron chi connectivity index (χ2n) is 16.1. The van der Waals surface area contributed by atoms with Gasteiger partial charge in [-0.05, 0) is 131 Å². The Morgan fingerprint density at radius 3 is 1.47 bits per heavy atom. The van der Waals surface area contributed by atoms with Crippen molar-refractivity contribution in [1.29, 1.82) is 0 Å². The van der Waals surface area contributed by atoms with Gasteiger partial charge in [0.15, 0.2) is 0 Å². The molecule has 0 aliphatic carbocycles. The van der Waals surface area contributed by atoms with Gasteiger partial charge >= 0.3 is 0 Å². The first-order valence-corrected chi connectivity index (χ1v) is 23.9. The summed E-state index contributed by atoms with van der Waals surface area (Å²) in [4.78, 5) is 18.0. The molecule has 0 N–H and O–H groups in total. The van der Waals surface area contributed by atoms with Crippen molar-refractivity contribution in [2.45, 2.75) is 33.6 Å². The molecule has 0 saturated heterocycles. The quantitative estimate of drug-likeness (QED) is 0.152. The number of benzene rings is 6. The third kappa shape index (κ3) is 9.14. The summed E-state index contributed by atoms with van der Waals surface area (Å²) in [5.74, 6) is 0. The van der Waals surface area contributed by atoms with Crippen LogP contribution in [0, 0.1) is 0 Å². The minimum atomic E-state index is 0. The van der Waals surface area contributed by atoms with E-state index in [1.54, 1.807) is 0 Å². The molecular formula is C61H49N5SV. The van der Waals surface area contributed by atoms with Crippen molar-refractivity contribution in [3.8, 4) is 61.6 Å². The van der Waals surface area contributed by atoms with Crippen molar-refractivity contribution >= 4 is 53.3 Å². The van der Waals surface area contributed by atoms with Crippen LogP contribution in [0.15, 0.2) is 219 Å². The van der Waals surface area contributed by atoms with Crippen molar-refractivity contribution in [3.63, 3.8) is 0 Å². The van der Waals surface area contributed by atoms with Gasteiger partial charge in [0.25, 0.3) is 0 Å². The van der Waals surface area contributed by atoms with Crippen molar-refractivity contribution in [2.24, 2.45) is 0 Å². The first-order valence-electron chi connectivity index (χ1n) is 23.1. The summed E-state index contributed by atoms with van der Waals surface area (Å²) in [6.07, 6.45) is 11.6. The van der Waals surface area contributed by atoms with Gasteiger partial charge in [-0.15, -0.1) is 11.3 Å². The fraction of sp³-hybridized carbons (Fsp3) is 0.0820. The van der Waals surface area contributed by atoms with Crippen LogP contribution in [-0.4, -0.2) is 24.5 Å². The summed E-state index contributed by atoms with van der Waals surface area (Å²) in [7, 11) is 0. The number of thiophene rings is 1. The van der Waals surface area contributed by atoms with E-state index in [2.05, 4.69) is 167 Å². The molecule has 0 saturated carbocycles. The number of hydrogen-bond acceptors (Lipinski definition) is 5. The van der Waals surface area contributed by atoms with Gasteiger partial charge in [-0.2, -0.15) is 0 Å². The van der Waals surface area contributed by atoms with Crippen LogP contribution >= 0.6 is 11.3 Å². The molecule has 12 aromatic rings. The maximum absolute atomic E-state index is 4.72. The van der Waals surface area contributed by atoms with E-state index >= 15 is 0 Å². The predicted octanol–water partition coefficient (Wildman–Crippen LogP) is 16.7. The van der Waals surface area contributed by atoms with Crippen LogP contribution in [0.25, 0.3) is 104 Å². The summed E-state index contributed by atoms with van der Waals surface area (Å²) in [6, 6.07) is 67.0. The Bertz CT molecular complexity index is 3470. The van der Waals surface area contributed by atoms with E-state index in [1.165, 1.54) is 48.6 Å². The van der Waals surface area contributed by atoms with Gasteiger partial charge in [-0.1, -0.05) is 118 Å². The van der Waals surface area contributed by atoms with Crippen LogP contribution in [0.2, 0.25) is 0 Å². The molecule has 5 nitrogen and oxygen atoms in total. The molecule has 6 aromatic heterocycles. The Labute approximate surface area is 413 Å². The zero-order valence-corrected chi connectivity index (χ0v) is 40.5. The third-order valence-electron chi connectivity index (χ3n) is 12.1. The average Bonchev–Trinajstić information content (AvgIpc) is 3.94. The van der Waals surface area contributed by atoms with Gasteiger partial charge in [0.2, 0.25) is 0 Å². The van der Waals surface area contributed by atoms with E-state index in [9.17, 15) is 0 Å². The molecule has 7 heteroatoms. The maximum atomic E-state index is 4.72. The van der Waals surface area contributed by atoms with Gasteiger partial charge in [-0.3, -0.25) is 19.9 Å². The normalized spacial score (nSPS) is 10.9. The zero-order valence-electron chi connectivity index (χ0n) is 38.3. The number of rotatable bonds is 8. The van der Waals surface area contributed by atoms with E-state index in [1.807, 2.05) is 98.6 Å². The van der Waals surface area contributed by atoms with Crippen molar-refractivity contribution in [1.82, 2.24) is 24.5 Å². The number of pyridine rings is 4. The molecule has 6 aromatic carbocycles. The van der Waals surface area contributed by atoms with Gasteiger partial charge < -0.3 is 4.57 Å². The van der Waals surface area contributed by atoms with Crippen molar-refractivity contribution < 1.29 is 18.6 Å². The van der Waals surface area contributed by atoms with Crippen LogP contribution in [0.5, 0.6) is 0 Å². The van der Waals surface area contributed by atoms with Crippen LogP contribution in [0.1, 0.15) is 32.9 Å². The van der Waals surface area contributed by atoms with Gasteiger partial charge in [0.1, 0.15) is 0 Å². The molecule has 0 atom stereocenters. The third-order valence-corrected chi connectivity index (χ3v) is 13.2. The molecule has 329 valence electrons. The number of aromatic nitrogens is 5. The molecule has 0 spiro atoms. The topological polar surface area (TPSA) is 56.5 Å². The fourth-order valence-electron chi connectivity index (χ4n) is 9.02. The Balaban J connectivity index is 0.000000431. The summed E-state index contributed by atoms with van der Waals surface area (Å²) in [5, 5.41) is 4.90. The van der Waals surface area contributed by atoms with Crippen molar-refractivity contribution in [2.75, 3.05) is 0 Å². The molecule has 0 bridgehead atoms. The largest absolute Gasteiger partial charge is 0.309 e. The monoisotopic (exact) mass is 934 g/mol. The Kier molecular flexibility index (Phi) is 14.1. The predicted molar refractivity (Wildman–Crippen MR) is 284 cm³/mol. The van der Waals surface area contributed by atoms with E-state index in [0.29, 0.717) is 0 Å². The summed E-state index contributed by atoms with van der Waals surface area (Å²) < 4.78 is 4.98. The summed E-state index contributed by atoms with van der Waals surface area (Å²) in [5.41, 5.74) is 15.7. The molecule has 1 radical (unpaired) electrons. The maximum Gasteiger partial charge on any atom is 0.0708 e. The molecule has 6 heterocycles. The molecule has 0 unspecified atom stereocenters. The standard InChI is InChI=1S/C51H32N4S.C8H11N.C2H6.V/c1-3-13-40(46-15-5-7-26-53-46)38(11-1)34-17-21-48-42(29-34)43-30-35(39-12-2-4-14-41(39)47-16-6-8-27-54-47)18-22-49(43)55(48)37-20-24-51-45(31-37)44-28-33(19-23-50(44)56-51)36-10-9-25-52-32-36;1-2-5-8-6-3-4-7-9-8;1-2;/h1-32H;3-4,6-7H,2,5H2,1H3;1-2H3;. The number of hydrogen-bond donors (Lipinski definition) is 0. The molecular weight excluding hydrogens is 886 g/mol. The second-order valence-corrected chi connectivity index (χ2v) is 17.2. The number of nitrogens with zero attached hydrogens (tertiary/aromatic N) is 5. The Morgan fingerprint density at radius 1 is 0.426 bits per heavy atom. The Hall–Kier alpha value is -7.48. The smallest absolute Gasteiger partial charge is 0.0708 e. The van der Waals surface area contributed by atoms with E-state index in [-0.39, 0.29) is 18.6 Å². The molecule has 12 rings (SSSR count). The van der Waals surface area contributed by atoms with Crippen LogP contribution in [0.3, 0.4) is 0 Å². The van der Waals surface area contributed by atoms with E-state index in [4.69, 9.17) is 9.97 Å². The SMILES string of the molecule is CC.CCCc1ccccn1.[V].c1ccc(-c2ccccc2-c2ccc3c(c2)c2cc(-c4ccccc4-c4ccccn4)ccc2n3-c2ccc3sc4ccc(-c5cccnc5)cc4c3c2)nc1. The van der Waals surface area contributed by atoms with Crippen LogP contribution in [0.4, 0.5) is 0 Å². The van der Waals surface area contributed by atoms with Gasteiger partial charge in [0, 0.05) is 109 Å². The number of aryl methyl sites for hydroxylation is 1. The minimum Gasteiger partial charge on any atom is -0.309 e. The van der Waals surface area contributed by atoms with E-state index < -0.39 is 0 Å². The molecule has 0 amide bonds. The Morgan fingerprint density at radius 2 is 0.941 bits per heavy atom. The number of fused-ring (bicyclic) bond motifs is 6. The molecule has 0 aliphatic rings. The second kappa shape index (κ2) is 21.0. The average molecular weight is 935 g/mol. The summed E-state index contributed by atoms with van der Waals surface area (Å²) in [6.45, 7) is 6.16. The fourth-order valence-corrected chi connectivity index (χ4v) is 10.1.